The second-order valence-corrected chi connectivity index (χ2v) is 8.29. The zero-order valence-electron chi connectivity index (χ0n) is 17.4. The lowest BCUT2D eigenvalue weighted by molar-refractivity contribution is -0.135. The van der Waals surface area contributed by atoms with Crippen molar-refractivity contribution in [2.24, 2.45) is 13.0 Å². The third-order valence-corrected chi connectivity index (χ3v) is 6.18. The van der Waals surface area contributed by atoms with Crippen molar-refractivity contribution >= 4 is 5.91 Å². The Hall–Kier alpha value is -2.18. The fourth-order valence-electron chi connectivity index (χ4n) is 4.46. The van der Waals surface area contributed by atoms with Crippen LogP contribution < -0.4 is 0 Å². The van der Waals surface area contributed by atoms with Gasteiger partial charge >= 0.3 is 0 Å². The maximum absolute atomic E-state index is 12.4. The average molecular weight is 397 g/mol. The van der Waals surface area contributed by atoms with Crippen LogP contribution in [-0.4, -0.2) is 64.9 Å². The Balaban J connectivity index is 1.26. The predicted octanol–water partition coefficient (Wildman–Crippen LogP) is 2.94. The van der Waals surface area contributed by atoms with E-state index in [0.29, 0.717) is 31.5 Å². The van der Waals surface area contributed by atoms with Gasteiger partial charge in [-0.15, -0.1) is 0 Å². The first-order chi connectivity index (χ1) is 14.2. The van der Waals surface area contributed by atoms with Gasteiger partial charge in [0.2, 0.25) is 5.91 Å². The molecule has 1 aromatic carbocycles. The molecular formula is C23H32N4O2. The van der Waals surface area contributed by atoms with Crippen LogP contribution >= 0.6 is 0 Å². The molecule has 6 heteroatoms. The molecule has 1 aromatic heterocycles. The van der Waals surface area contributed by atoms with Gasteiger partial charge in [-0.05, 0) is 38.3 Å². The third-order valence-electron chi connectivity index (χ3n) is 6.18. The summed E-state index contributed by atoms with van der Waals surface area (Å²) in [4.78, 5) is 16.9. The van der Waals surface area contributed by atoms with E-state index in [2.05, 4.69) is 35.4 Å². The lowest BCUT2D eigenvalue weighted by Gasteiger charge is -2.32. The SMILES string of the molecule is Cn1cc(CN2CCC(CCC(=O)N3CCOCC3)CC2)c(-c2ccccc2)n1. The van der Waals surface area contributed by atoms with Crippen LogP contribution in [0.15, 0.2) is 36.5 Å². The zero-order valence-corrected chi connectivity index (χ0v) is 17.4. The standard InChI is InChI=1S/C23H32N4O2/c1-25-17-21(23(24-25)20-5-3-2-4-6-20)18-26-11-9-19(10-12-26)7-8-22(28)27-13-15-29-16-14-27/h2-6,17,19H,7-16,18H2,1H3. The molecule has 6 nitrogen and oxygen atoms in total. The Bertz CT molecular complexity index is 790. The highest BCUT2D eigenvalue weighted by Gasteiger charge is 2.23. The van der Waals surface area contributed by atoms with E-state index in [1.807, 2.05) is 22.7 Å². The number of carbonyl (C=O) groups excluding carboxylic acids is 1. The number of piperidine rings is 1. The minimum Gasteiger partial charge on any atom is -0.378 e. The number of carbonyl (C=O) groups is 1. The number of ether oxygens (including phenoxy) is 1. The number of benzene rings is 1. The molecule has 2 fully saturated rings. The number of aromatic nitrogens is 2. The van der Waals surface area contributed by atoms with Crippen LogP contribution in [0.2, 0.25) is 0 Å². The molecule has 0 bridgehead atoms. The molecule has 0 saturated carbocycles. The van der Waals surface area contributed by atoms with E-state index in [1.54, 1.807) is 0 Å². The number of aryl methyl sites for hydroxylation is 1. The first-order valence-corrected chi connectivity index (χ1v) is 10.8. The molecule has 156 valence electrons. The van der Waals surface area contributed by atoms with E-state index < -0.39 is 0 Å². The lowest BCUT2D eigenvalue weighted by Crippen LogP contribution is -2.41. The van der Waals surface area contributed by atoms with Crippen molar-refractivity contribution in [3.63, 3.8) is 0 Å². The summed E-state index contributed by atoms with van der Waals surface area (Å²) < 4.78 is 7.26. The van der Waals surface area contributed by atoms with Gasteiger partial charge in [-0.25, -0.2) is 0 Å². The molecule has 0 radical (unpaired) electrons. The highest BCUT2D eigenvalue weighted by molar-refractivity contribution is 5.76. The molecule has 4 rings (SSSR count). The quantitative estimate of drug-likeness (QED) is 0.753. The molecule has 0 unspecified atom stereocenters. The van der Waals surface area contributed by atoms with Crippen LogP contribution in [0.3, 0.4) is 0 Å². The smallest absolute Gasteiger partial charge is 0.222 e. The Morgan fingerprint density at radius 1 is 1.10 bits per heavy atom. The van der Waals surface area contributed by atoms with Gasteiger partial charge in [0, 0.05) is 50.4 Å². The number of amides is 1. The molecule has 3 heterocycles. The first-order valence-electron chi connectivity index (χ1n) is 10.8. The summed E-state index contributed by atoms with van der Waals surface area (Å²) in [6.07, 6.45) is 6.21. The van der Waals surface area contributed by atoms with E-state index in [-0.39, 0.29) is 0 Å². The van der Waals surface area contributed by atoms with Crippen LogP contribution in [0.25, 0.3) is 11.3 Å². The number of nitrogens with zero attached hydrogens (tertiary/aromatic N) is 4. The third kappa shape index (κ3) is 5.25. The summed E-state index contributed by atoms with van der Waals surface area (Å²) in [5, 5.41) is 4.69. The highest BCUT2D eigenvalue weighted by atomic mass is 16.5. The van der Waals surface area contributed by atoms with E-state index in [4.69, 9.17) is 9.84 Å². The molecule has 2 saturated heterocycles. The summed E-state index contributed by atoms with van der Waals surface area (Å²) in [5.74, 6) is 0.970. The van der Waals surface area contributed by atoms with E-state index >= 15 is 0 Å². The Morgan fingerprint density at radius 2 is 1.83 bits per heavy atom. The van der Waals surface area contributed by atoms with Gasteiger partial charge in [0.15, 0.2) is 0 Å². The molecular weight excluding hydrogens is 364 g/mol. The highest BCUT2D eigenvalue weighted by Crippen LogP contribution is 2.27. The van der Waals surface area contributed by atoms with Gasteiger partial charge in [-0.3, -0.25) is 14.4 Å². The molecule has 2 aliphatic rings. The number of morpholine rings is 1. The summed E-state index contributed by atoms with van der Waals surface area (Å²) in [5.41, 5.74) is 3.56. The van der Waals surface area contributed by atoms with Crippen LogP contribution in [0.1, 0.15) is 31.2 Å². The Morgan fingerprint density at radius 3 is 2.55 bits per heavy atom. The maximum Gasteiger partial charge on any atom is 0.222 e. The number of rotatable bonds is 6. The van der Waals surface area contributed by atoms with E-state index in [1.165, 1.54) is 24.0 Å². The topological polar surface area (TPSA) is 50.6 Å². The maximum atomic E-state index is 12.4. The van der Waals surface area contributed by atoms with Gasteiger partial charge in [0.1, 0.15) is 0 Å². The van der Waals surface area contributed by atoms with E-state index in [0.717, 1.165) is 44.8 Å². The summed E-state index contributed by atoms with van der Waals surface area (Å²) >= 11 is 0. The number of hydrogen-bond donors (Lipinski definition) is 0. The van der Waals surface area contributed by atoms with Gasteiger partial charge in [-0.1, -0.05) is 30.3 Å². The molecule has 0 aliphatic carbocycles. The minimum atomic E-state index is 0.304. The van der Waals surface area contributed by atoms with Crippen LogP contribution in [0.5, 0.6) is 0 Å². The van der Waals surface area contributed by atoms with Crippen LogP contribution in [0.4, 0.5) is 0 Å². The molecule has 2 aliphatic heterocycles. The summed E-state index contributed by atoms with van der Waals surface area (Å²) in [6, 6.07) is 10.4. The fraction of sp³-hybridized carbons (Fsp3) is 0.565. The zero-order chi connectivity index (χ0) is 20.1. The van der Waals surface area contributed by atoms with Crippen molar-refractivity contribution in [3.05, 3.63) is 42.1 Å². The van der Waals surface area contributed by atoms with Crippen molar-refractivity contribution in [1.29, 1.82) is 0 Å². The van der Waals surface area contributed by atoms with Crippen molar-refractivity contribution < 1.29 is 9.53 Å². The first kappa shape index (κ1) is 20.1. The fourth-order valence-corrected chi connectivity index (χ4v) is 4.46. The van der Waals surface area contributed by atoms with Gasteiger partial charge in [0.25, 0.3) is 0 Å². The monoisotopic (exact) mass is 396 g/mol. The van der Waals surface area contributed by atoms with Crippen molar-refractivity contribution in [2.45, 2.75) is 32.2 Å². The van der Waals surface area contributed by atoms with Gasteiger partial charge in [0.05, 0.1) is 18.9 Å². The molecule has 1 amide bonds. The van der Waals surface area contributed by atoms with Gasteiger partial charge < -0.3 is 9.64 Å². The second-order valence-electron chi connectivity index (χ2n) is 8.29. The normalized spacial score (nSPS) is 18.9. The van der Waals surface area contributed by atoms with Crippen molar-refractivity contribution in [1.82, 2.24) is 19.6 Å². The lowest BCUT2D eigenvalue weighted by atomic mass is 9.91. The molecule has 29 heavy (non-hydrogen) atoms. The molecule has 2 aromatic rings. The molecule has 0 spiro atoms. The summed E-state index contributed by atoms with van der Waals surface area (Å²) in [6.45, 7) is 6.02. The number of likely N-dealkylation sites (tertiary alicyclic amines) is 1. The molecule has 0 atom stereocenters. The largest absolute Gasteiger partial charge is 0.378 e. The minimum absolute atomic E-state index is 0.304. The Kier molecular flexibility index (Phi) is 6.62. The van der Waals surface area contributed by atoms with E-state index in [9.17, 15) is 4.79 Å². The second kappa shape index (κ2) is 9.55. The van der Waals surface area contributed by atoms with Crippen molar-refractivity contribution in [3.8, 4) is 11.3 Å². The summed E-state index contributed by atoms with van der Waals surface area (Å²) in [7, 11) is 1.99. The van der Waals surface area contributed by atoms with Gasteiger partial charge in [-0.2, -0.15) is 5.10 Å². The van der Waals surface area contributed by atoms with Crippen molar-refractivity contribution in [2.75, 3.05) is 39.4 Å². The molecule has 0 N–H and O–H groups in total. The van der Waals surface area contributed by atoms with Crippen LogP contribution in [-0.2, 0) is 23.1 Å². The van der Waals surface area contributed by atoms with Crippen LogP contribution in [0, 0.1) is 5.92 Å². The average Bonchev–Trinajstić information content (AvgIpc) is 3.14. The number of hydrogen-bond acceptors (Lipinski definition) is 4. The Labute approximate surface area is 173 Å². The predicted molar refractivity (Wildman–Crippen MR) is 113 cm³/mol.